The summed E-state index contributed by atoms with van der Waals surface area (Å²) in [6, 6.07) is 9.78. The Hall–Kier alpha value is -2.08. The second-order valence-electron chi connectivity index (χ2n) is 3.76. The van der Waals surface area contributed by atoms with Crippen molar-refractivity contribution >= 4 is 27.8 Å². The summed E-state index contributed by atoms with van der Waals surface area (Å²) in [6.07, 6.45) is 0. The van der Waals surface area contributed by atoms with Gasteiger partial charge >= 0.3 is 5.97 Å². The molecular weight excluding hydrogens is 314 g/mol. The Bertz CT molecular complexity index is 603. The molecule has 0 saturated carbocycles. The molecule has 1 amide bonds. The van der Waals surface area contributed by atoms with Crippen LogP contribution in [0.2, 0.25) is 0 Å². The summed E-state index contributed by atoms with van der Waals surface area (Å²) in [7, 11) is 0. The number of carbonyl (C=O) groups excluding carboxylic acids is 1. The highest BCUT2D eigenvalue weighted by molar-refractivity contribution is 9.10. The van der Waals surface area contributed by atoms with Crippen LogP contribution in [0.1, 0.15) is 26.7 Å². The zero-order chi connectivity index (χ0) is 13.8. The third kappa shape index (κ3) is 3.45. The highest BCUT2D eigenvalue weighted by Gasteiger charge is 2.10. The molecule has 0 fully saturated rings. The molecule has 6 heteroatoms. The predicted molar refractivity (Wildman–Crippen MR) is 71.0 cm³/mol. The first-order chi connectivity index (χ1) is 9.06. The van der Waals surface area contributed by atoms with Crippen molar-refractivity contribution in [3.8, 4) is 0 Å². The minimum Gasteiger partial charge on any atom is -0.475 e. The van der Waals surface area contributed by atoms with Gasteiger partial charge in [0, 0.05) is 10.0 Å². The maximum absolute atomic E-state index is 11.8. The Balaban J connectivity index is 1.96. The fourth-order valence-corrected chi connectivity index (χ4v) is 1.72. The number of hydrogen-bond acceptors (Lipinski definition) is 3. The summed E-state index contributed by atoms with van der Waals surface area (Å²) in [5.74, 6) is -1.14. The van der Waals surface area contributed by atoms with Crippen LogP contribution in [0.4, 0.5) is 0 Å². The minimum absolute atomic E-state index is 0.141. The molecule has 0 radical (unpaired) electrons. The van der Waals surface area contributed by atoms with Crippen molar-refractivity contribution < 1.29 is 19.1 Å². The lowest BCUT2D eigenvalue weighted by Gasteiger charge is -2.03. The number of furan rings is 1. The first kappa shape index (κ1) is 13.4. The first-order valence-corrected chi connectivity index (χ1v) is 6.21. The quantitative estimate of drug-likeness (QED) is 0.906. The molecule has 2 aromatic rings. The molecule has 0 saturated heterocycles. The lowest BCUT2D eigenvalue weighted by atomic mass is 10.2. The molecule has 5 nitrogen and oxygen atoms in total. The highest BCUT2D eigenvalue weighted by Crippen LogP contribution is 2.11. The molecule has 98 valence electrons. The SMILES string of the molecule is O=C(NCc1ccc(C(=O)O)o1)c1ccc(Br)cc1. The maximum Gasteiger partial charge on any atom is 0.371 e. The van der Waals surface area contributed by atoms with Crippen LogP contribution in [0.15, 0.2) is 45.3 Å². The van der Waals surface area contributed by atoms with E-state index >= 15 is 0 Å². The molecule has 0 spiro atoms. The van der Waals surface area contributed by atoms with Gasteiger partial charge in [0.05, 0.1) is 6.54 Å². The molecule has 0 atom stereocenters. The molecule has 0 aliphatic carbocycles. The molecule has 0 aliphatic heterocycles. The molecule has 2 rings (SSSR count). The average Bonchev–Trinajstić information content (AvgIpc) is 2.86. The van der Waals surface area contributed by atoms with Crippen molar-refractivity contribution in [3.05, 3.63) is 58.0 Å². The van der Waals surface area contributed by atoms with Crippen LogP contribution in [-0.2, 0) is 6.54 Å². The van der Waals surface area contributed by atoms with E-state index < -0.39 is 5.97 Å². The highest BCUT2D eigenvalue weighted by atomic mass is 79.9. The maximum atomic E-state index is 11.8. The molecule has 19 heavy (non-hydrogen) atoms. The number of carbonyl (C=O) groups is 2. The van der Waals surface area contributed by atoms with E-state index in [1.165, 1.54) is 12.1 Å². The molecular formula is C13H10BrNO4. The number of amides is 1. The van der Waals surface area contributed by atoms with Gasteiger partial charge in [-0.15, -0.1) is 0 Å². The van der Waals surface area contributed by atoms with E-state index in [-0.39, 0.29) is 18.2 Å². The second kappa shape index (κ2) is 5.71. The summed E-state index contributed by atoms with van der Waals surface area (Å²) >= 11 is 3.28. The summed E-state index contributed by atoms with van der Waals surface area (Å²) in [5.41, 5.74) is 0.521. The lowest BCUT2D eigenvalue weighted by Crippen LogP contribution is -2.22. The van der Waals surface area contributed by atoms with Crippen molar-refractivity contribution in [2.24, 2.45) is 0 Å². The van der Waals surface area contributed by atoms with E-state index in [1.54, 1.807) is 24.3 Å². The summed E-state index contributed by atoms with van der Waals surface area (Å²) in [4.78, 5) is 22.4. The van der Waals surface area contributed by atoms with Gasteiger partial charge < -0.3 is 14.8 Å². The van der Waals surface area contributed by atoms with E-state index in [0.29, 0.717) is 11.3 Å². The van der Waals surface area contributed by atoms with Crippen LogP contribution in [-0.4, -0.2) is 17.0 Å². The topological polar surface area (TPSA) is 79.5 Å². The minimum atomic E-state index is -1.13. The van der Waals surface area contributed by atoms with E-state index in [2.05, 4.69) is 21.2 Å². The van der Waals surface area contributed by atoms with Gasteiger partial charge in [0.15, 0.2) is 0 Å². The molecule has 2 N–H and O–H groups in total. The van der Waals surface area contributed by atoms with Crippen LogP contribution < -0.4 is 5.32 Å². The van der Waals surface area contributed by atoms with Crippen LogP contribution in [0.5, 0.6) is 0 Å². The van der Waals surface area contributed by atoms with E-state index in [1.807, 2.05) is 0 Å². The standard InChI is InChI=1S/C13H10BrNO4/c14-9-3-1-8(2-4-9)12(16)15-7-10-5-6-11(19-10)13(17)18/h1-6H,7H2,(H,15,16)(H,17,18). The summed E-state index contributed by atoms with van der Waals surface area (Å²) in [6.45, 7) is 0.141. The van der Waals surface area contributed by atoms with Crippen LogP contribution in [0.3, 0.4) is 0 Å². The van der Waals surface area contributed by atoms with Crippen molar-refractivity contribution in [2.75, 3.05) is 0 Å². The zero-order valence-corrected chi connectivity index (χ0v) is 11.3. The van der Waals surface area contributed by atoms with Gasteiger partial charge in [0.2, 0.25) is 5.76 Å². The molecule has 0 unspecified atom stereocenters. The van der Waals surface area contributed by atoms with Gasteiger partial charge in [-0.25, -0.2) is 4.79 Å². The smallest absolute Gasteiger partial charge is 0.371 e. The van der Waals surface area contributed by atoms with Gasteiger partial charge in [0.25, 0.3) is 5.91 Å². The Morgan fingerprint density at radius 3 is 2.42 bits per heavy atom. The number of benzene rings is 1. The first-order valence-electron chi connectivity index (χ1n) is 5.42. The van der Waals surface area contributed by atoms with E-state index in [9.17, 15) is 9.59 Å². The van der Waals surface area contributed by atoms with Crippen molar-refractivity contribution in [2.45, 2.75) is 6.54 Å². The number of hydrogen-bond donors (Lipinski definition) is 2. The zero-order valence-electron chi connectivity index (χ0n) is 9.72. The van der Waals surface area contributed by atoms with Gasteiger partial charge in [-0.05, 0) is 36.4 Å². The molecule has 0 aliphatic rings. The van der Waals surface area contributed by atoms with E-state index in [4.69, 9.17) is 9.52 Å². The normalized spacial score (nSPS) is 10.2. The number of aromatic carboxylic acids is 1. The second-order valence-corrected chi connectivity index (χ2v) is 4.68. The number of nitrogens with one attached hydrogen (secondary N) is 1. The monoisotopic (exact) mass is 323 g/mol. The number of carboxylic acid groups (broad SMARTS) is 1. The largest absolute Gasteiger partial charge is 0.475 e. The number of halogens is 1. The van der Waals surface area contributed by atoms with Crippen LogP contribution in [0, 0.1) is 0 Å². The Kier molecular flexibility index (Phi) is 4.01. The average molecular weight is 324 g/mol. The Labute approximate surface area is 117 Å². The lowest BCUT2D eigenvalue weighted by molar-refractivity contribution is 0.0660. The fraction of sp³-hybridized carbons (Fsp3) is 0.0769. The molecule has 1 aromatic carbocycles. The van der Waals surface area contributed by atoms with Crippen molar-refractivity contribution in [1.29, 1.82) is 0 Å². The van der Waals surface area contributed by atoms with Crippen molar-refractivity contribution in [3.63, 3.8) is 0 Å². The van der Waals surface area contributed by atoms with Crippen LogP contribution in [0.25, 0.3) is 0 Å². The Morgan fingerprint density at radius 2 is 1.84 bits per heavy atom. The third-order valence-electron chi connectivity index (χ3n) is 2.40. The number of rotatable bonds is 4. The van der Waals surface area contributed by atoms with Crippen LogP contribution >= 0.6 is 15.9 Å². The Morgan fingerprint density at radius 1 is 1.16 bits per heavy atom. The fourth-order valence-electron chi connectivity index (χ4n) is 1.46. The van der Waals surface area contributed by atoms with Gasteiger partial charge in [-0.3, -0.25) is 4.79 Å². The van der Waals surface area contributed by atoms with Gasteiger partial charge in [-0.2, -0.15) is 0 Å². The third-order valence-corrected chi connectivity index (χ3v) is 2.93. The summed E-state index contributed by atoms with van der Waals surface area (Å²) in [5, 5.41) is 11.3. The van der Waals surface area contributed by atoms with Gasteiger partial charge in [0.1, 0.15) is 5.76 Å². The molecule has 1 aromatic heterocycles. The predicted octanol–water partition coefficient (Wildman–Crippen LogP) is 2.67. The molecule has 0 bridgehead atoms. The number of carboxylic acids is 1. The van der Waals surface area contributed by atoms with Crippen molar-refractivity contribution in [1.82, 2.24) is 5.32 Å². The van der Waals surface area contributed by atoms with E-state index in [0.717, 1.165) is 4.47 Å². The van der Waals surface area contributed by atoms with Gasteiger partial charge in [-0.1, -0.05) is 15.9 Å². The molecule has 1 heterocycles. The summed E-state index contributed by atoms with van der Waals surface area (Å²) < 4.78 is 5.92.